The molecule has 0 aliphatic heterocycles. The molecule has 2 aromatic heterocycles. The largest absolute Gasteiger partial charge is 0.348 e. The Bertz CT molecular complexity index is 999. The van der Waals surface area contributed by atoms with Crippen LogP contribution in [0.15, 0.2) is 53.5 Å². The third-order valence-electron chi connectivity index (χ3n) is 3.59. The molecule has 0 aliphatic carbocycles. The molecule has 0 saturated carbocycles. The van der Waals surface area contributed by atoms with Crippen LogP contribution in [0.3, 0.4) is 0 Å². The fourth-order valence-corrected chi connectivity index (χ4v) is 2.87. The van der Waals surface area contributed by atoms with Gasteiger partial charge in [0.15, 0.2) is 0 Å². The van der Waals surface area contributed by atoms with Gasteiger partial charge < -0.3 is 10.3 Å². The number of amides is 1. The fraction of sp³-hybridized carbons (Fsp3) is 0.0556. The highest BCUT2D eigenvalue weighted by atomic mass is 35.5. The monoisotopic (exact) mass is 391 g/mol. The molecule has 0 spiro atoms. The zero-order valence-electron chi connectivity index (χ0n) is 13.2. The van der Waals surface area contributed by atoms with Crippen molar-refractivity contribution in [1.82, 2.24) is 15.3 Å². The van der Waals surface area contributed by atoms with Gasteiger partial charge in [-0.3, -0.25) is 14.6 Å². The number of nitrogens with one attached hydrogen (secondary N) is 2. The van der Waals surface area contributed by atoms with Gasteiger partial charge in [0.2, 0.25) is 5.56 Å². The average Bonchev–Trinajstić information content (AvgIpc) is 2.62. The van der Waals surface area contributed by atoms with Gasteiger partial charge in [0, 0.05) is 18.8 Å². The first-order valence-corrected chi connectivity index (χ1v) is 8.27. The maximum atomic E-state index is 13.8. The first kappa shape index (κ1) is 18.1. The summed E-state index contributed by atoms with van der Waals surface area (Å²) in [5, 5.41) is 3.21. The number of aromatic amines is 1. The quantitative estimate of drug-likeness (QED) is 0.709. The lowest BCUT2D eigenvalue weighted by Gasteiger charge is -2.09. The molecule has 1 aromatic carbocycles. The van der Waals surface area contributed by atoms with Crippen molar-refractivity contribution in [2.45, 2.75) is 6.54 Å². The maximum Gasteiger partial charge on any atom is 0.254 e. The predicted molar refractivity (Wildman–Crippen MR) is 97.9 cm³/mol. The predicted octanol–water partition coefficient (Wildman–Crippen LogP) is 3.81. The Morgan fingerprint density at radius 2 is 1.85 bits per heavy atom. The van der Waals surface area contributed by atoms with Crippen molar-refractivity contribution in [1.29, 1.82) is 0 Å². The summed E-state index contributed by atoms with van der Waals surface area (Å²) in [6.07, 6.45) is 1.48. The fourth-order valence-electron chi connectivity index (χ4n) is 2.31. The lowest BCUT2D eigenvalue weighted by atomic mass is 10.2. The molecule has 132 valence electrons. The summed E-state index contributed by atoms with van der Waals surface area (Å²) >= 11 is 12.0. The number of rotatable bonds is 4. The highest BCUT2D eigenvalue weighted by Crippen LogP contribution is 2.24. The molecule has 0 atom stereocenters. The Labute approximate surface area is 157 Å². The van der Waals surface area contributed by atoms with Gasteiger partial charge in [0.25, 0.3) is 5.91 Å². The molecule has 0 radical (unpaired) electrons. The van der Waals surface area contributed by atoms with Crippen molar-refractivity contribution in [3.05, 3.63) is 86.0 Å². The molecule has 5 nitrogen and oxygen atoms in total. The van der Waals surface area contributed by atoms with Crippen molar-refractivity contribution >= 4 is 29.1 Å². The van der Waals surface area contributed by atoms with E-state index in [2.05, 4.69) is 15.3 Å². The van der Waals surface area contributed by atoms with Gasteiger partial charge >= 0.3 is 0 Å². The van der Waals surface area contributed by atoms with Gasteiger partial charge in [-0.25, -0.2) is 4.39 Å². The first-order valence-electron chi connectivity index (χ1n) is 7.52. The van der Waals surface area contributed by atoms with Crippen LogP contribution in [-0.4, -0.2) is 15.9 Å². The second-order valence-electron chi connectivity index (χ2n) is 5.38. The highest BCUT2D eigenvalue weighted by Gasteiger charge is 2.14. The number of halogens is 3. The number of hydrogen-bond donors (Lipinski definition) is 2. The van der Waals surface area contributed by atoms with Gasteiger partial charge in [-0.2, -0.15) is 0 Å². The summed E-state index contributed by atoms with van der Waals surface area (Å²) in [4.78, 5) is 30.1. The molecule has 0 bridgehead atoms. The SMILES string of the molecule is O=C(NCc1ccc(-c2[nH]c(=O)ccc2F)nc1)c1c(Cl)cccc1Cl. The van der Waals surface area contributed by atoms with E-state index >= 15 is 0 Å². The number of nitrogens with zero attached hydrogens (tertiary/aromatic N) is 1. The molecule has 8 heteroatoms. The number of pyridine rings is 2. The summed E-state index contributed by atoms with van der Waals surface area (Å²) in [5.41, 5.74) is 0.754. The standard InChI is InChI=1S/C18H12Cl2FN3O2/c19-11-2-1-3-12(20)16(11)18(26)23-9-10-4-6-14(22-8-10)17-13(21)5-7-15(25)24-17/h1-8H,9H2,(H,23,26)(H,24,25). The minimum absolute atomic E-state index is 0.0101. The second kappa shape index (κ2) is 7.68. The molecular weight excluding hydrogens is 380 g/mol. The number of carbonyl (C=O) groups excluding carboxylic acids is 1. The van der Waals surface area contributed by atoms with Gasteiger partial charge in [-0.05, 0) is 29.8 Å². The Morgan fingerprint density at radius 3 is 2.50 bits per heavy atom. The average molecular weight is 392 g/mol. The van der Waals surface area contributed by atoms with Crippen molar-refractivity contribution in [2.24, 2.45) is 0 Å². The second-order valence-corrected chi connectivity index (χ2v) is 6.19. The summed E-state index contributed by atoms with van der Waals surface area (Å²) < 4.78 is 13.8. The summed E-state index contributed by atoms with van der Waals surface area (Å²) in [6.45, 7) is 0.182. The molecule has 0 fully saturated rings. The van der Waals surface area contributed by atoms with Crippen LogP contribution in [0.5, 0.6) is 0 Å². The van der Waals surface area contributed by atoms with E-state index in [4.69, 9.17) is 23.2 Å². The summed E-state index contributed by atoms with van der Waals surface area (Å²) in [7, 11) is 0. The van der Waals surface area contributed by atoms with E-state index in [1.165, 1.54) is 6.20 Å². The summed E-state index contributed by atoms with van der Waals surface area (Å²) in [6, 6.07) is 10.2. The maximum absolute atomic E-state index is 13.8. The van der Waals surface area contributed by atoms with E-state index in [-0.39, 0.29) is 33.5 Å². The van der Waals surface area contributed by atoms with Gasteiger partial charge in [-0.1, -0.05) is 35.3 Å². The molecule has 2 heterocycles. The molecule has 3 rings (SSSR count). The number of H-pyrrole nitrogens is 1. The van der Waals surface area contributed by atoms with Crippen LogP contribution in [-0.2, 0) is 6.54 Å². The van der Waals surface area contributed by atoms with Gasteiger partial charge in [0.1, 0.15) is 11.5 Å². The van der Waals surface area contributed by atoms with Crippen LogP contribution < -0.4 is 10.9 Å². The van der Waals surface area contributed by atoms with E-state index in [1.54, 1.807) is 30.3 Å². The van der Waals surface area contributed by atoms with Crippen molar-refractivity contribution in [3.8, 4) is 11.4 Å². The third kappa shape index (κ3) is 3.92. The zero-order valence-corrected chi connectivity index (χ0v) is 14.7. The van der Waals surface area contributed by atoms with Crippen LogP contribution in [0.1, 0.15) is 15.9 Å². The molecule has 0 saturated heterocycles. The Balaban J connectivity index is 1.73. The van der Waals surface area contributed by atoms with Gasteiger partial charge in [-0.15, -0.1) is 0 Å². The Hall–Kier alpha value is -2.70. The van der Waals surface area contributed by atoms with Crippen LogP contribution in [0, 0.1) is 5.82 Å². The van der Waals surface area contributed by atoms with E-state index in [0.717, 1.165) is 12.1 Å². The van der Waals surface area contributed by atoms with E-state index in [9.17, 15) is 14.0 Å². The smallest absolute Gasteiger partial charge is 0.254 e. The number of carbonyl (C=O) groups is 1. The van der Waals surface area contributed by atoms with Crippen molar-refractivity contribution in [2.75, 3.05) is 0 Å². The van der Waals surface area contributed by atoms with Crippen LogP contribution >= 0.6 is 23.2 Å². The summed E-state index contributed by atoms with van der Waals surface area (Å²) in [5.74, 6) is -0.991. The molecule has 2 N–H and O–H groups in total. The minimum Gasteiger partial charge on any atom is -0.348 e. The number of aromatic nitrogens is 2. The molecular formula is C18H12Cl2FN3O2. The number of benzene rings is 1. The number of hydrogen-bond acceptors (Lipinski definition) is 3. The highest BCUT2D eigenvalue weighted by molar-refractivity contribution is 6.39. The van der Waals surface area contributed by atoms with E-state index in [1.807, 2.05) is 0 Å². The zero-order chi connectivity index (χ0) is 18.7. The van der Waals surface area contributed by atoms with Crippen LogP contribution in [0.25, 0.3) is 11.4 Å². The molecule has 0 unspecified atom stereocenters. The minimum atomic E-state index is -0.577. The molecule has 1 amide bonds. The van der Waals surface area contributed by atoms with Crippen LogP contribution in [0.4, 0.5) is 4.39 Å². The first-order chi connectivity index (χ1) is 12.5. The molecule has 0 aliphatic rings. The Morgan fingerprint density at radius 1 is 1.12 bits per heavy atom. The van der Waals surface area contributed by atoms with Gasteiger partial charge in [0.05, 0.1) is 21.3 Å². The van der Waals surface area contributed by atoms with Crippen molar-refractivity contribution < 1.29 is 9.18 Å². The van der Waals surface area contributed by atoms with Crippen LogP contribution in [0.2, 0.25) is 10.0 Å². The topological polar surface area (TPSA) is 74.8 Å². The Kier molecular flexibility index (Phi) is 5.35. The molecule has 26 heavy (non-hydrogen) atoms. The lowest BCUT2D eigenvalue weighted by Crippen LogP contribution is -2.23. The normalized spacial score (nSPS) is 10.6. The van der Waals surface area contributed by atoms with Crippen molar-refractivity contribution in [3.63, 3.8) is 0 Å². The lowest BCUT2D eigenvalue weighted by molar-refractivity contribution is 0.0951. The van der Waals surface area contributed by atoms with E-state index < -0.39 is 17.3 Å². The third-order valence-corrected chi connectivity index (χ3v) is 4.22. The van der Waals surface area contributed by atoms with E-state index in [0.29, 0.717) is 5.56 Å². The molecule has 3 aromatic rings.